The number of amides is 1. The minimum Gasteiger partial charge on any atom is -0.467 e. The highest BCUT2D eigenvalue weighted by atomic mass is 16.3. The van der Waals surface area contributed by atoms with Crippen molar-refractivity contribution in [3.8, 4) is 0 Å². The summed E-state index contributed by atoms with van der Waals surface area (Å²) < 4.78 is 6.66. The molecular formula is C21H24N4O4. The molecule has 3 N–H and O–H groups in total. The second kappa shape index (κ2) is 8.64. The Balaban J connectivity index is 2.13. The third-order valence-corrected chi connectivity index (χ3v) is 4.66. The highest BCUT2D eigenvalue weighted by Gasteiger charge is 2.26. The van der Waals surface area contributed by atoms with Crippen LogP contribution in [0.1, 0.15) is 41.4 Å². The van der Waals surface area contributed by atoms with Gasteiger partial charge in [0.1, 0.15) is 11.6 Å². The van der Waals surface area contributed by atoms with Crippen LogP contribution in [0.3, 0.4) is 0 Å². The number of furan rings is 1. The molecule has 0 aliphatic carbocycles. The second-order valence-electron chi connectivity index (χ2n) is 6.84. The molecule has 0 saturated carbocycles. The second-order valence-corrected chi connectivity index (χ2v) is 6.84. The molecule has 0 atom stereocenters. The molecule has 8 heteroatoms. The highest BCUT2D eigenvalue weighted by Crippen LogP contribution is 2.22. The van der Waals surface area contributed by atoms with E-state index in [0.717, 1.165) is 12.0 Å². The van der Waals surface area contributed by atoms with Gasteiger partial charge in [0, 0.05) is 12.1 Å². The van der Waals surface area contributed by atoms with Gasteiger partial charge in [-0.15, -0.1) is 0 Å². The van der Waals surface area contributed by atoms with Crippen molar-refractivity contribution in [2.75, 3.05) is 10.6 Å². The summed E-state index contributed by atoms with van der Waals surface area (Å²) in [5.41, 5.74) is 6.24. The number of anilines is 2. The number of hydrogen-bond donors (Lipinski definition) is 2. The van der Waals surface area contributed by atoms with Crippen molar-refractivity contribution < 1.29 is 9.21 Å². The molecular weight excluding hydrogens is 372 g/mol. The number of carbonyl (C=O) groups is 1. The van der Waals surface area contributed by atoms with E-state index in [4.69, 9.17) is 10.2 Å². The summed E-state index contributed by atoms with van der Waals surface area (Å²) in [5, 5.41) is 0. The van der Waals surface area contributed by atoms with Gasteiger partial charge >= 0.3 is 5.69 Å². The Hall–Kier alpha value is -3.55. The van der Waals surface area contributed by atoms with Gasteiger partial charge in [-0.25, -0.2) is 4.79 Å². The van der Waals surface area contributed by atoms with E-state index in [9.17, 15) is 14.4 Å². The molecule has 152 valence electrons. The number of rotatable bonds is 7. The molecule has 3 rings (SSSR count). The smallest absolute Gasteiger partial charge is 0.330 e. The van der Waals surface area contributed by atoms with Crippen molar-refractivity contribution in [3.63, 3.8) is 0 Å². The number of aromatic amines is 1. The quantitative estimate of drug-likeness (QED) is 0.637. The molecule has 1 amide bonds. The van der Waals surface area contributed by atoms with Crippen LogP contribution >= 0.6 is 0 Å². The Morgan fingerprint density at radius 1 is 1.21 bits per heavy atom. The van der Waals surface area contributed by atoms with Crippen molar-refractivity contribution >= 4 is 17.4 Å². The van der Waals surface area contributed by atoms with E-state index >= 15 is 0 Å². The van der Waals surface area contributed by atoms with Gasteiger partial charge in [-0.1, -0.05) is 31.0 Å². The van der Waals surface area contributed by atoms with E-state index < -0.39 is 17.2 Å². The first-order valence-corrected chi connectivity index (χ1v) is 9.46. The molecule has 0 saturated heterocycles. The summed E-state index contributed by atoms with van der Waals surface area (Å²) in [4.78, 5) is 41.7. The molecule has 29 heavy (non-hydrogen) atoms. The number of H-pyrrole nitrogens is 1. The Bertz CT molecular complexity index is 1100. The molecule has 0 radical (unpaired) electrons. The number of hydrogen-bond acceptors (Lipinski definition) is 5. The number of nitrogens with two attached hydrogens (primary N) is 1. The number of nitrogen functional groups attached to an aromatic ring is 1. The molecule has 0 aliphatic heterocycles. The lowest BCUT2D eigenvalue weighted by Crippen LogP contribution is -2.41. The minimum absolute atomic E-state index is 0.00102. The van der Waals surface area contributed by atoms with Crippen LogP contribution in [-0.2, 0) is 13.1 Å². The predicted molar refractivity (Wildman–Crippen MR) is 111 cm³/mol. The average molecular weight is 396 g/mol. The number of benzene rings is 1. The van der Waals surface area contributed by atoms with Crippen LogP contribution in [0.2, 0.25) is 0 Å². The standard InChI is InChI=1S/C21H24N4O4/c1-3-4-11-24-18(22)17(19(26)23-21(24)28)25(13-16-6-5-12-29-16)20(27)15-9-7-14(2)8-10-15/h5-10,12H,3-4,11,13,22H2,1-2H3,(H,23,26,28). The molecule has 0 unspecified atom stereocenters. The van der Waals surface area contributed by atoms with Crippen LogP contribution in [0, 0.1) is 6.92 Å². The molecule has 2 aromatic heterocycles. The number of nitrogens with zero attached hydrogens (tertiary/aromatic N) is 2. The van der Waals surface area contributed by atoms with Crippen LogP contribution in [0.15, 0.2) is 56.7 Å². The van der Waals surface area contributed by atoms with Gasteiger partial charge in [-0.2, -0.15) is 0 Å². The third-order valence-electron chi connectivity index (χ3n) is 4.66. The lowest BCUT2D eigenvalue weighted by molar-refractivity contribution is 0.0983. The summed E-state index contributed by atoms with van der Waals surface area (Å²) in [5.74, 6) is 0.0223. The van der Waals surface area contributed by atoms with E-state index in [1.54, 1.807) is 24.3 Å². The van der Waals surface area contributed by atoms with Gasteiger partial charge in [0.2, 0.25) is 0 Å². The van der Waals surface area contributed by atoms with Crippen LogP contribution < -0.4 is 21.9 Å². The monoisotopic (exact) mass is 396 g/mol. The summed E-state index contributed by atoms with van der Waals surface area (Å²) >= 11 is 0. The first-order chi connectivity index (χ1) is 13.9. The Morgan fingerprint density at radius 3 is 2.55 bits per heavy atom. The summed E-state index contributed by atoms with van der Waals surface area (Å²) in [6.45, 7) is 4.25. The van der Waals surface area contributed by atoms with Gasteiger partial charge in [0.25, 0.3) is 11.5 Å². The van der Waals surface area contributed by atoms with Gasteiger partial charge in [0.15, 0.2) is 5.69 Å². The highest BCUT2D eigenvalue weighted by molar-refractivity contribution is 6.07. The maximum atomic E-state index is 13.3. The first-order valence-electron chi connectivity index (χ1n) is 9.46. The van der Waals surface area contributed by atoms with E-state index in [0.29, 0.717) is 24.3 Å². The molecule has 3 aromatic rings. The number of nitrogens with one attached hydrogen (secondary N) is 1. The molecule has 8 nitrogen and oxygen atoms in total. The Kier molecular flexibility index (Phi) is 6.01. The van der Waals surface area contributed by atoms with Crippen molar-refractivity contribution in [2.45, 2.75) is 39.8 Å². The normalized spacial score (nSPS) is 10.8. The SMILES string of the molecule is CCCCn1c(N)c(N(Cc2ccco2)C(=O)c2ccc(C)cc2)c(=O)[nH]c1=O. The predicted octanol–water partition coefficient (Wildman–Crippen LogP) is 2.67. The Labute approximate surface area is 167 Å². The molecule has 1 aromatic carbocycles. The maximum Gasteiger partial charge on any atom is 0.330 e. The van der Waals surface area contributed by atoms with Crippen molar-refractivity contribution in [1.29, 1.82) is 0 Å². The van der Waals surface area contributed by atoms with Gasteiger partial charge in [-0.3, -0.25) is 24.0 Å². The van der Waals surface area contributed by atoms with E-state index in [-0.39, 0.29) is 18.1 Å². The van der Waals surface area contributed by atoms with E-state index in [1.165, 1.54) is 15.7 Å². The zero-order chi connectivity index (χ0) is 21.0. The van der Waals surface area contributed by atoms with Crippen LogP contribution in [0.25, 0.3) is 0 Å². The van der Waals surface area contributed by atoms with Gasteiger partial charge < -0.3 is 10.2 Å². The third kappa shape index (κ3) is 4.31. The molecule has 0 fully saturated rings. The van der Waals surface area contributed by atoms with Crippen molar-refractivity contribution in [3.05, 3.63) is 80.4 Å². The number of carbonyl (C=O) groups excluding carboxylic acids is 1. The molecule has 0 aliphatic rings. The average Bonchev–Trinajstić information content (AvgIpc) is 3.20. The number of aromatic nitrogens is 2. The van der Waals surface area contributed by atoms with E-state index in [1.807, 2.05) is 26.0 Å². The molecule has 0 spiro atoms. The summed E-state index contributed by atoms with van der Waals surface area (Å²) in [7, 11) is 0. The lowest BCUT2D eigenvalue weighted by atomic mass is 10.1. The minimum atomic E-state index is -0.715. The largest absolute Gasteiger partial charge is 0.467 e. The van der Waals surface area contributed by atoms with Crippen molar-refractivity contribution in [1.82, 2.24) is 9.55 Å². The van der Waals surface area contributed by atoms with Crippen LogP contribution in [-0.4, -0.2) is 15.5 Å². The maximum absolute atomic E-state index is 13.3. The molecule has 0 bridgehead atoms. The van der Waals surface area contributed by atoms with Crippen LogP contribution in [0.5, 0.6) is 0 Å². The van der Waals surface area contributed by atoms with Crippen molar-refractivity contribution in [2.24, 2.45) is 0 Å². The topological polar surface area (TPSA) is 114 Å². The zero-order valence-corrected chi connectivity index (χ0v) is 16.5. The van der Waals surface area contributed by atoms with Crippen LogP contribution in [0.4, 0.5) is 11.5 Å². The summed E-state index contributed by atoms with van der Waals surface area (Å²) in [6.07, 6.45) is 3.04. The van der Waals surface area contributed by atoms with E-state index in [2.05, 4.69) is 4.98 Å². The van der Waals surface area contributed by atoms with Gasteiger partial charge in [-0.05, 0) is 37.6 Å². The van der Waals surface area contributed by atoms with Gasteiger partial charge in [0.05, 0.1) is 12.8 Å². The lowest BCUT2D eigenvalue weighted by Gasteiger charge is -2.24. The fourth-order valence-corrected chi connectivity index (χ4v) is 3.04. The fourth-order valence-electron chi connectivity index (χ4n) is 3.04. The number of unbranched alkanes of at least 4 members (excludes halogenated alkanes) is 1. The number of aryl methyl sites for hydroxylation is 1. The fraction of sp³-hybridized carbons (Fsp3) is 0.286. The summed E-state index contributed by atoms with van der Waals surface area (Å²) in [6, 6.07) is 10.4. The first kappa shape index (κ1) is 20.2. The zero-order valence-electron chi connectivity index (χ0n) is 16.5. The Morgan fingerprint density at radius 2 is 1.93 bits per heavy atom. The molecule has 2 heterocycles.